The third kappa shape index (κ3) is 2.60. The summed E-state index contributed by atoms with van der Waals surface area (Å²) >= 11 is 5.79. The highest BCUT2D eigenvalue weighted by molar-refractivity contribution is 6.30. The van der Waals surface area contributed by atoms with Crippen LogP contribution in [0.3, 0.4) is 0 Å². The summed E-state index contributed by atoms with van der Waals surface area (Å²) in [6.07, 6.45) is 0. The molecule has 0 aliphatic carbocycles. The summed E-state index contributed by atoms with van der Waals surface area (Å²) in [5.41, 5.74) is 5.34. The Labute approximate surface area is 91.2 Å². The van der Waals surface area contributed by atoms with Crippen LogP contribution in [-0.4, -0.2) is 15.2 Å². The largest absolute Gasteiger partial charge is 0.486 e. The zero-order valence-corrected chi connectivity index (χ0v) is 8.53. The van der Waals surface area contributed by atoms with Crippen molar-refractivity contribution in [3.8, 4) is 5.75 Å². The Kier molecular flexibility index (Phi) is 2.73. The highest BCUT2D eigenvalue weighted by Gasteiger charge is 2.00. The fourth-order valence-electron chi connectivity index (χ4n) is 1.08. The molecule has 1 aromatic heterocycles. The maximum absolute atomic E-state index is 5.79. The monoisotopic (exact) mass is 224 g/mol. The van der Waals surface area contributed by atoms with Gasteiger partial charge in [0.05, 0.1) is 0 Å². The second kappa shape index (κ2) is 4.18. The van der Waals surface area contributed by atoms with Crippen molar-refractivity contribution in [3.63, 3.8) is 0 Å². The molecule has 2 rings (SSSR count). The molecule has 78 valence electrons. The molecule has 0 amide bonds. The van der Waals surface area contributed by atoms with E-state index >= 15 is 0 Å². The average Bonchev–Trinajstić information content (AvgIpc) is 2.62. The van der Waals surface area contributed by atoms with E-state index in [1.165, 1.54) is 0 Å². The fraction of sp³-hybridized carbons (Fsp3) is 0.111. The molecule has 0 radical (unpaired) electrons. The van der Waals surface area contributed by atoms with Gasteiger partial charge < -0.3 is 10.5 Å². The second-order valence-electron chi connectivity index (χ2n) is 2.89. The van der Waals surface area contributed by atoms with Gasteiger partial charge in [-0.15, -0.1) is 5.10 Å². The van der Waals surface area contributed by atoms with Crippen LogP contribution in [0.25, 0.3) is 0 Å². The van der Waals surface area contributed by atoms with Gasteiger partial charge in [0.15, 0.2) is 5.82 Å². The van der Waals surface area contributed by atoms with Gasteiger partial charge in [0.1, 0.15) is 12.4 Å². The zero-order valence-electron chi connectivity index (χ0n) is 7.77. The normalized spacial score (nSPS) is 10.2. The van der Waals surface area contributed by atoms with Crippen molar-refractivity contribution in [1.82, 2.24) is 15.2 Å². The molecule has 3 N–H and O–H groups in total. The number of aromatic nitrogens is 3. The van der Waals surface area contributed by atoms with E-state index in [4.69, 9.17) is 22.1 Å². The first kappa shape index (κ1) is 9.79. The molecular formula is C9H9ClN4O. The van der Waals surface area contributed by atoms with Crippen LogP contribution in [0.5, 0.6) is 5.75 Å². The molecule has 0 atom stereocenters. The molecule has 0 spiro atoms. The fourth-order valence-corrected chi connectivity index (χ4v) is 1.26. The van der Waals surface area contributed by atoms with Crippen LogP contribution < -0.4 is 10.5 Å². The highest BCUT2D eigenvalue weighted by atomic mass is 35.5. The summed E-state index contributed by atoms with van der Waals surface area (Å²) in [6, 6.07) is 7.13. The standard InChI is InChI=1S/C9H9ClN4O/c10-6-2-1-3-7(4-6)15-5-8-12-9(11)14-13-8/h1-4H,5H2,(H3,11,12,13,14). The Morgan fingerprint density at radius 2 is 2.33 bits per heavy atom. The molecular weight excluding hydrogens is 216 g/mol. The number of nitrogens with one attached hydrogen (secondary N) is 1. The van der Waals surface area contributed by atoms with E-state index < -0.39 is 0 Å². The molecule has 1 aromatic carbocycles. The summed E-state index contributed by atoms with van der Waals surface area (Å²) in [7, 11) is 0. The Hall–Kier alpha value is -1.75. The van der Waals surface area contributed by atoms with Crippen LogP contribution in [-0.2, 0) is 6.61 Å². The molecule has 5 nitrogen and oxygen atoms in total. The minimum atomic E-state index is 0.208. The molecule has 0 unspecified atom stereocenters. The Morgan fingerprint density at radius 3 is 3.00 bits per heavy atom. The van der Waals surface area contributed by atoms with E-state index in [9.17, 15) is 0 Å². The summed E-state index contributed by atoms with van der Waals surface area (Å²) in [5, 5.41) is 6.96. The van der Waals surface area contributed by atoms with Gasteiger partial charge in [0, 0.05) is 5.02 Å². The number of nitrogens with zero attached hydrogens (tertiary/aromatic N) is 2. The van der Waals surface area contributed by atoms with Crippen molar-refractivity contribution in [2.45, 2.75) is 6.61 Å². The van der Waals surface area contributed by atoms with Gasteiger partial charge in [-0.1, -0.05) is 17.7 Å². The van der Waals surface area contributed by atoms with Gasteiger partial charge in [0.2, 0.25) is 5.95 Å². The molecule has 2 aromatic rings. The molecule has 15 heavy (non-hydrogen) atoms. The molecule has 0 aliphatic rings. The summed E-state index contributed by atoms with van der Waals surface area (Å²) in [5.74, 6) is 1.46. The van der Waals surface area contributed by atoms with E-state index in [1.54, 1.807) is 12.1 Å². The van der Waals surface area contributed by atoms with Crippen LogP contribution >= 0.6 is 11.6 Å². The van der Waals surface area contributed by atoms with Crippen molar-refractivity contribution in [2.24, 2.45) is 0 Å². The number of nitrogens with two attached hydrogens (primary N) is 1. The van der Waals surface area contributed by atoms with Crippen molar-refractivity contribution >= 4 is 17.5 Å². The first-order valence-electron chi connectivity index (χ1n) is 4.29. The number of H-pyrrole nitrogens is 1. The number of aromatic amines is 1. The quantitative estimate of drug-likeness (QED) is 0.831. The first-order chi connectivity index (χ1) is 7.24. The van der Waals surface area contributed by atoms with Gasteiger partial charge in [-0.3, -0.25) is 5.10 Å². The number of hydrogen-bond acceptors (Lipinski definition) is 4. The number of nitrogen functional groups attached to an aromatic ring is 1. The third-order valence-electron chi connectivity index (χ3n) is 1.72. The maximum Gasteiger partial charge on any atom is 0.239 e. The topological polar surface area (TPSA) is 76.8 Å². The van der Waals surface area contributed by atoms with Gasteiger partial charge in [-0.2, -0.15) is 4.98 Å². The molecule has 6 heteroatoms. The lowest BCUT2D eigenvalue weighted by atomic mass is 10.3. The number of ether oxygens (including phenoxy) is 1. The number of halogens is 1. The van der Waals surface area contributed by atoms with Crippen molar-refractivity contribution in [2.75, 3.05) is 5.73 Å². The van der Waals surface area contributed by atoms with Gasteiger partial charge in [-0.05, 0) is 18.2 Å². The van der Waals surface area contributed by atoms with Crippen LogP contribution in [0, 0.1) is 0 Å². The molecule has 1 heterocycles. The minimum absolute atomic E-state index is 0.208. The number of anilines is 1. The lowest BCUT2D eigenvalue weighted by molar-refractivity contribution is 0.296. The van der Waals surface area contributed by atoms with Crippen LogP contribution in [0.15, 0.2) is 24.3 Å². The summed E-state index contributed by atoms with van der Waals surface area (Å²) in [4.78, 5) is 3.90. The summed E-state index contributed by atoms with van der Waals surface area (Å²) < 4.78 is 5.41. The van der Waals surface area contributed by atoms with E-state index in [1.807, 2.05) is 12.1 Å². The van der Waals surface area contributed by atoms with Gasteiger partial charge in [-0.25, -0.2) is 0 Å². The smallest absolute Gasteiger partial charge is 0.239 e. The third-order valence-corrected chi connectivity index (χ3v) is 1.96. The van der Waals surface area contributed by atoms with E-state index in [0.29, 0.717) is 16.6 Å². The molecule has 0 bridgehead atoms. The van der Waals surface area contributed by atoms with E-state index in [2.05, 4.69) is 15.2 Å². The van der Waals surface area contributed by atoms with E-state index in [-0.39, 0.29) is 12.6 Å². The number of rotatable bonds is 3. The van der Waals surface area contributed by atoms with Crippen LogP contribution in [0.4, 0.5) is 5.95 Å². The van der Waals surface area contributed by atoms with Crippen LogP contribution in [0.2, 0.25) is 5.02 Å². The Morgan fingerprint density at radius 1 is 1.47 bits per heavy atom. The van der Waals surface area contributed by atoms with Crippen molar-refractivity contribution < 1.29 is 4.74 Å². The number of benzene rings is 1. The summed E-state index contributed by atoms with van der Waals surface area (Å²) in [6.45, 7) is 0.282. The maximum atomic E-state index is 5.79. The highest BCUT2D eigenvalue weighted by Crippen LogP contribution is 2.17. The van der Waals surface area contributed by atoms with Crippen molar-refractivity contribution in [1.29, 1.82) is 0 Å². The average molecular weight is 225 g/mol. The first-order valence-corrected chi connectivity index (χ1v) is 4.67. The zero-order chi connectivity index (χ0) is 10.7. The lowest BCUT2D eigenvalue weighted by Crippen LogP contribution is -1.97. The van der Waals surface area contributed by atoms with Crippen molar-refractivity contribution in [3.05, 3.63) is 35.1 Å². The minimum Gasteiger partial charge on any atom is -0.486 e. The molecule has 0 saturated carbocycles. The molecule has 0 saturated heterocycles. The van der Waals surface area contributed by atoms with Crippen LogP contribution in [0.1, 0.15) is 5.82 Å². The Balaban J connectivity index is 1.99. The van der Waals surface area contributed by atoms with Gasteiger partial charge >= 0.3 is 0 Å². The predicted molar refractivity (Wildman–Crippen MR) is 56.6 cm³/mol. The molecule has 0 aliphatic heterocycles. The number of hydrogen-bond donors (Lipinski definition) is 2. The van der Waals surface area contributed by atoms with Gasteiger partial charge in [0.25, 0.3) is 0 Å². The second-order valence-corrected chi connectivity index (χ2v) is 3.32. The SMILES string of the molecule is Nc1n[nH]c(COc2cccc(Cl)c2)n1. The lowest BCUT2D eigenvalue weighted by Gasteiger charge is -2.03. The Bertz CT molecular complexity index is 457. The molecule has 0 fully saturated rings. The predicted octanol–water partition coefficient (Wildman–Crippen LogP) is 1.62. The van der Waals surface area contributed by atoms with E-state index in [0.717, 1.165) is 0 Å².